The molecular formula is C77H33F6N11. The largest absolute Gasteiger partial charge is 0.417 e. The lowest BCUT2D eigenvalue weighted by Gasteiger charge is -2.21. The Balaban J connectivity index is 1.15. The van der Waals surface area contributed by atoms with Crippen molar-refractivity contribution in [2.75, 3.05) is 0 Å². The van der Waals surface area contributed by atoms with Crippen LogP contribution in [-0.4, -0.2) is 9.13 Å². The lowest BCUT2D eigenvalue weighted by Crippen LogP contribution is -2.12. The Morgan fingerprint density at radius 1 is 0.234 bits per heavy atom. The van der Waals surface area contributed by atoms with E-state index in [4.69, 9.17) is 0 Å². The fraction of sp³-hybridized carbons (Fsp3) is 0.0260. The van der Waals surface area contributed by atoms with Crippen LogP contribution in [0.25, 0.3) is 122 Å². The molecule has 2 aromatic heterocycles. The topological polar surface area (TPSA) is 224 Å². The number of nitriles is 9. The minimum absolute atomic E-state index is 0.0770. The summed E-state index contributed by atoms with van der Waals surface area (Å²) in [6, 6.07) is 70.5. The summed E-state index contributed by atoms with van der Waals surface area (Å²) in [5, 5.41) is 93.3. The van der Waals surface area contributed by atoms with Gasteiger partial charge < -0.3 is 9.13 Å². The highest BCUT2D eigenvalue weighted by Crippen LogP contribution is 2.48. The van der Waals surface area contributed by atoms with E-state index in [2.05, 4.69) is 54.6 Å². The Bertz CT molecular complexity index is 5520. The van der Waals surface area contributed by atoms with E-state index in [1.54, 1.807) is 114 Å². The number of halogens is 6. The molecule has 0 atom stereocenters. The second kappa shape index (κ2) is 22.9. The Labute approximate surface area is 530 Å². The van der Waals surface area contributed by atoms with Gasteiger partial charge in [-0.05, 0) is 207 Å². The van der Waals surface area contributed by atoms with E-state index < -0.39 is 29.0 Å². The molecule has 13 rings (SSSR count). The number of aromatic nitrogens is 2. The zero-order valence-corrected chi connectivity index (χ0v) is 48.2. The highest BCUT2D eigenvalue weighted by molar-refractivity contribution is 6.14. The van der Waals surface area contributed by atoms with Gasteiger partial charge in [-0.3, -0.25) is 0 Å². The van der Waals surface area contributed by atoms with Crippen LogP contribution in [0.2, 0.25) is 0 Å². The van der Waals surface area contributed by atoms with Crippen LogP contribution >= 0.6 is 0 Å². The van der Waals surface area contributed by atoms with Crippen molar-refractivity contribution in [2.45, 2.75) is 12.4 Å². The number of benzene rings is 11. The van der Waals surface area contributed by atoms with Crippen LogP contribution in [0, 0.1) is 102 Å². The van der Waals surface area contributed by atoms with Crippen LogP contribution in [0.4, 0.5) is 26.3 Å². The van der Waals surface area contributed by atoms with E-state index in [9.17, 15) is 60.5 Å². The molecule has 0 saturated carbocycles. The highest BCUT2D eigenvalue weighted by Gasteiger charge is 2.39. The average molecular weight is 1230 g/mol. The SMILES string of the molecule is N#Cc1cc(C#N)cc(-c2ccc3c(c2)c2cc(-c4cc(C#N)cc(C#N)c4)ccc2n3-c2cc(C#N)ccc2-c2ccc(-c3ccc(C(F)(F)F)cc3C(F)(F)F)cc2-n2c3ccc(-c4cc(C#N)cc(C#N)c4)cc3c3cc(-c4cc(C#N)cc(C#N)c4)ccc32)c1. The molecule has 0 amide bonds. The predicted molar refractivity (Wildman–Crippen MR) is 340 cm³/mol. The van der Waals surface area contributed by atoms with Crippen molar-refractivity contribution in [2.24, 2.45) is 0 Å². The van der Waals surface area contributed by atoms with Gasteiger partial charge in [-0.2, -0.15) is 73.7 Å². The smallest absolute Gasteiger partial charge is 0.309 e. The first-order chi connectivity index (χ1) is 45.3. The number of hydrogen-bond acceptors (Lipinski definition) is 9. The molecule has 0 unspecified atom stereocenters. The molecule has 0 aliphatic rings. The first-order valence-electron chi connectivity index (χ1n) is 28.3. The summed E-state index contributed by atoms with van der Waals surface area (Å²) in [5.74, 6) is 0. The third-order valence-electron chi connectivity index (χ3n) is 16.5. The lowest BCUT2D eigenvalue weighted by molar-refractivity contribution is -0.142. The summed E-state index contributed by atoms with van der Waals surface area (Å²) in [4.78, 5) is 0. The van der Waals surface area contributed by atoms with Crippen molar-refractivity contribution in [3.63, 3.8) is 0 Å². The average Bonchev–Trinajstić information content (AvgIpc) is 1.52. The van der Waals surface area contributed by atoms with Crippen LogP contribution in [-0.2, 0) is 12.4 Å². The highest BCUT2D eigenvalue weighted by atomic mass is 19.4. The minimum atomic E-state index is -5.29. The molecule has 11 nitrogen and oxygen atoms in total. The summed E-state index contributed by atoms with van der Waals surface area (Å²) >= 11 is 0. The normalized spacial score (nSPS) is 11.2. The van der Waals surface area contributed by atoms with Gasteiger partial charge in [0.15, 0.2) is 0 Å². The second-order valence-corrected chi connectivity index (χ2v) is 22.0. The fourth-order valence-electron chi connectivity index (χ4n) is 12.3. The summed E-state index contributed by atoms with van der Waals surface area (Å²) in [7, 11) is 0. The molecule has 0 bridgehead atoms. The van der Waals surface area contributed by atoms with E-state index in [0.29, 0.717) is 111 Å². The Morgan fingerprint density at radius 3 is 0.819 bits per heavy atom. The lowest BCUT2D eigenvalue weighted by atomic mass is 9.92. The van der Waals surface area contributed by atoms with Crippen molar-refractivity contribution >= 4 is 43.6 Å². The summed E-state index contributed by atoms with van der Waals surface area (Å²) in [6.07, 6.45) is -10.4. The minimum Gasteiger partial charge on any atom is -0.309 e. The molecule has 0 aliphatic carbocycles. The molecule has 0 radical (unpaired) electrons. The molecule has 11 aromatic carbocycles. The third kappa shape index (κ3) is 10.4. The zero-order chi connectivity index (χ0) is 65.9. The van der Waals surface area contributed by atoms with Gasteiger partial charge in [0.1, 0.15) is 0 Å². The molecule has 17 heteroatoms. The molecule has 0 N–H and O–H groups in total. The van der Waals surface area contributed by atoms with E-state index >= 15 is 13.2 Å². The third-order valence-corrected chi connectivity index (χ3v) is 16.5. The van der Waals surface area contributed by atoms with Crippen molar-refractivity contribution < 1.29 is 26.3 Å². The molecular weight excluding hydrogens is 1190 g/mol. The van der Waals surface area contributed by atoms with Crippen LogP contribution in [0.5, 0.6) is 0 Å². The summed E-state index contributed by atoms with van der Waals surface area (Å²) in [6.45, 7) is 0. The van der Waals surface area contributed by atoms with E-state index in [0.717, 1.165) is 6.07 Å². The van der Waals surface area contributed by atoms with E-state index in [1.807, 2.05) is 41.0 Å². The number of nitrogens with zero attached hydrogens (tertiary/aromatic N) is 11. The second-order valence-electron chi connectivity index (χ2n) is 22.0. The maximum Gasteiger partial charge on any atom is 0.417 e. The first-order valence-corrected chi connectivity index (χ1v) is 28.3. The summed E-state index contributed by atoms with van der Waals surface area (Å²) in [5.41, 5.74) is 5.90. The van der Waals surface area contributed by atoms with Gasteiger partial charge in [0.05, 0.1) is 149 Å². The number of rotatable bonds is 8. The first kappa shape index (κ1) is 59.0. The van der Waals surface area contributed by atoms with Gasteiger partial charge in [-0.15, -0.1) is 0 Å². The maximum atomic E-state index is 15.4. The standard InChI is InChI=1S/C77H33F6N11/c78-76(79,80)61-7-10-62(69(33-61)77(81,82)83)56-2-9-64(75(32-56)94-72-13-5-54(59-23-48(39-89)17-49(24-59)40-90)30-67(72)68-31-55(6-14-73(68)94)60-25-50(41-91)18-51(26-60)42-92)63-8-1-43(34-84)27-74(63)93-70-11-3-52(57-19-44(35-85)15-45(20-57)36-86)28-65(70)66-29-53(4-12-71(66)93)58-21-46(37-87)16-47(22-58)38-88/h1-33H. The van der Waals surface area contributed by atoms with Crippen molar-refractivity contribution in [1.29, 1.82) is 47.4 Å². The van der Waals surface area contributed by atoms with E-state index in [-0.39, 0.29) is 67.4 Å². The molecule has 0 spiro atoms. The molecule has 0 aliphatic heterocycles. The molecule has 94 heavy (non-hydrogen) atoms. The Morgan fingerprint density at radius 2 is 0.521 bits per heavy atom. The summed E-state index contributed by atoms with van der Waals surface area (Å²) < 4.78 is 92.8. The predicted octanol–water partition coefficient (Wildman–Crippen LogP) is 18.8. The molecule has 0 saturated heterocycles. The molecule has 13 aromatic rings. The molecule has 2 heterocycles. The van der Waals surface area contributed by atoms with Gasteiger partial charge in [0.25, 0.3) is 0 Å². The van der Waals surface area contributed by atoms with Gasteiger partial charge in [0.2, 0.25) is 0 Å². The van der Waals surface area contributed by atoms with Crippen molar-refractivity contribution in [3.8, 4) is 133 Å². The fourth-order valence-corrected chi connectivity index (χ4v) is 12.3. The Kier molecular flexibility index (Phi) is 14.4. The van der Waals surface area contributed by atoms with Gasteiger partial charge >= 0.3 is 12.4 Å². The van der Waals surface area contributed by atoms with Crippen LogP contribution < -0.4 is 0 Å². The maximum absolute atomic E-state index is 15.4. The van der Waals surface area contributed by atoms with Crippen LogP contribution in [0.3, 0.4) is 0 Å². The number of fused-ring (bicyclic) bond motifs is 6. The van der Waals surface area contributed by atoms with Gasteiger partial charge in [-0.1, -0.05) is 48.5 Å². The quantitative estimate of drug-likeness (QED) is 0.132. The zero-order valence-electron chi connectivity index (χ0n) is 48.2. The molecule has 0 fully saturated rings. The van der Waals surface area contributed by atoms with Gasteiger partial charge in [0, 0.05) is 32.7 Å². The van der Waals surface area contributed by atoms with Crippen molar-refractivity contribution in [3.05, 3.63) is 261 Å². The monoisotopic (exact) mass is 1230 g/mol. The van der Waals surface area contributed by atoms with Crippen LogP contribution in [0.1, 0.15) is 61.2 Å². The van der Waals surface area contributed by atoms with Crippen LogP contribution in [0.15, 0.2) is 200 Å². The van der Waals surface area contributed by atoms with Crippen molar-refractivity contribution in [1.82, 2.24) is 9.13 Å². The van der Waals surface area contributed by atoms with E-state index in [1.165, 1.54) is 36.4 Å². The Hall–Kier alpha value is -14.0. The number of hydrogen-bond donors (Lipinski definition) is 0. The number of alkyl halides is 6. The molecule has 438 valence electrons. The van der Waals surface area contributed by atoms with Gasteiger partial charge in [-0.25, -0.2) is 0 Å².